The van der Waals surface area contributed by atoms with Crippen molar-refractivity contribution in [2.75, 3.05) is 6.61 Å². The van der Waals surface area contributed by atoms with Crippen LogP contribution >= 0.6 is 11.6 Å². The van der Waals surface area contributed by atoms with Crippen LogP contribution < -0.4 is 5.32 Å². The summed E-state index contributed by atoms with van der Waals surface area (Å²) in [7, 11) is 0. The minimum absolute atomic E-state index is 0.302. The first-order valence-corrected chi connectivity index (χ1v) is 6.70. The van der Waals surface area contributed by atoms with Crippen molar-refractivity contribution in [1.82, 2.24) is 5.32 Å². The molecule has 94 valence electrons. The Labute approximate surface area is 108 Å². The third-order valence-electron chi connectivity index (χ3n) is 3.35. The summed E-state index contributed by atoms with van der Waals surface area (Å²) < 4.78 is 5.55. The van der Waals surface area contributed by atoms with Gasteiger partial charge in [0.25, 0.3) is 0 Å². The van der Waals surface area contributed by atoms with Gasteiger partial charge in [-0.25, -0.2) is 0 Å². The van der Waals surface area contributed by atoms with E-state index < -0.39 is 0 Å². The quantitative estimate of drug-likeness (QED) is 0.867. The van der Waals surface area contributed by atoms with E-state index in [2.05, 4.69) is 18.3 Å². The Morgan fingerprint density at radius 1 is 1.41 bits per heavy atom. The van der Waals surface area contributed by atoms with E-state index in [4.69, 9.17) is 16.3 Å². The Hall–Kier alpha value is -0.570. The zero-order valence-corrected chi connectivity index (χ0v) is 11.2. The number of rotatable bonds is 5. The predicted octanol–water partition coefficient (Wildman–Crippen LogP) is 3.56. The largest absolute Gasteiger partial charge is 0.378 e. The Morgan fingerprint density at radius 2 is 2.12 bits per heavy atom. The van der Waals surface area contributed by atoms with Gasteiger partial charge in [0.1, 0.15) is 0 Å². The standard InChI is InChI=1S/C14H20ClNO/c1-3-17-12-8-11(9-12)16-10(2)13-6-4-5-7-14(13)15/h4-7,10-12,16H,3,8-9H2,1-2H3/t10-,11?,12?/m0/s1. The molecule has 0 radical (unpaired) electrons. The Bertz CT molecular complexity index is 363. The second-order valence-corrected chi connectivity index (χ2v) is 5.06. The van der Waals surface area contributed by atoms with Crippen molar-refractivity contribution in [1.29, 1.82) is 0 Å². The van der Waals surface area contributed by atoms with E-state index in [9.17, 15) is 0 Å². The molecule has 2 nitrogen and oxygen atoms in total. The fourth-order valence-electron chi connectivity index (χ4n) is 2.34. The summed E-state index contributed by atoms with van der Waals surface area (Å²) in [6.45, 7) is 5.03. The summed E-state index contributed by atoms with van der Waals surface area (Å²) in [5.41, 5.74) is 1.18. The van der Waals surface area contributed by atoms with Gasteiger partial charge in [-0.2, -0.15) is 0 Å². The van der Waals surface area contributed by atoms with Crippen molar-refractivity contribution in [3.63, 3.8) is 0 Å². The van der Waals surface area contributed by atoms with E-state index >= 15 is 0 Å². The maximum absolute atomic E-state index is 6.18. The zero-order chi connectivity index (χ0) is 12.3. The highest BCUT2D eigenvalue weighted by molar-refractivity contribution is 6.31. The van der Waals surface area contributed by atoms with Gasteiger partial charge in [0.2, 0.25) is 0 Å². The van der Waals surface area contributed by atoms with Crippen LogP contribution in [0.5, 0.6) is 0 Å². The van der Waals surface area contributed by atoms with Gasteiger partial charge in [-0.3, -0.25) is 0 Å². The lowest BCUT2D eigenvalue weighted by atomic mass is 9.88. The lowest BCUT2D eigenvalue weighted by molar-refractivity contribution is -0.0120. The third-order valence-corrected chi connectivity index (χ3v) is 3.70. The number of nitrogens with one attached hydrogen (secondary N) is 1. The average Bonchev–Trinajstić information content (AvgIpc) is 2.26. The van der Waals surface area contributed by atoms with Gasteiger partial charge in [0.05, 0.1) is 6.10 Å². The van der Waals surface area contributed by atoms with Crippen molar-refractivity contribution in [2.24, 2.45) is 0 Å². The molecular formula is C14H20ClNO. The van der Waals surface area contributed by atoms with Crippen LogP contribution in [0, 0.1) is 0 Å². The second kappa shape index (κ2) is 5.85. The summed E-state index contributed by atoms with van der Waals surface area (Å²) in [6.07, 6.45) is 2.68. The molecule has 0 spiro atoms. The maximum Gasteiger partial charge on any atom is 0.0604 e. The number of halogens is 1. The van der Waals surface area contributed by atoms with E-state index in [1.807, 2.05) is 25.1 Å². The van der Waals surface area contributed by atoms with Crippen LogP contribution in [0.15, 0.2) is 24.3 Å². The topological polar surface area (TPSA) is 21.3 Å². The molecule has 0 amide bonds. The molecule has 1 saturated carbocycles. The van der Waals surface area contributed by atoms with Gasteiger partial charge in [-0.15, -0.1) is 0 Å². The molecular weight excluding hydrogens is 234 g/mol. The fraction of sp³-hybridized carbons (Fsp3) is 0.571. The van der Waals surface area contributed by atoms with Crippen LogP contribution in [0.3, 0.4) is 0 Å². The van der Waals surface area contributed by atoms with Crippen LogP contribution in [-0.4, -0.2) is 18.8 Å². The first-order chi connectivity index (χ1) is 8.20. The highest BCUT2D eigenvalue weighted by Crippen LogP contribution is 2.28. The normalized spacial score (nSPS) is 25.4. The Morgan fingerprint density at radius 3 is 2.76 bits per heavy atom. The van der Waals surface area contributed by atoms with Gasteiger partial charge >= 0.3 is 0 Å². The van der Waals surface area contributed by atoms with Gasteiger partial charge in [-0.1, -0.05) is 29.8 Å². The first-order valence-electron chi connectivity index (χ1n) is 6.32. The van der Waals surface area contributed by atoms with Crippen molar-refractivity contribution < 1.29 is 4.74 Å². The molecule has 1 aliphatic rings. The molecule has 1 aromatic carbocycles. The van der Waals surface area contributed by atoms with Crippen LogP contribution in [-0.2, 0) is 4.74 Å². The molecule has 0 aliphatic heterocycles. The Kier molecular flexibility index (Phi) is 4.43. The second-order valence-electron chi connectivity index (χ2n) is 4.66. The van der Waals surface area contributed by atoms with Gasteiger partial charge in [-0.05, 0) is 38.3 Å². The summed E-state index contributed by atoms with van der Waals surface area (Å²) >= 11 is 6.18. The Balaban J connectivity index is 1.83. The van der Waals surface area contributed by atoms with Crippen molar-refractivity contribution in [3.8, 4) is 0 Å². The minimum atomic E-state index is 0.302. The third kappa shape index (κ3) is 3.21. The summed E-state index contributed by atoms with van der Waals surface area (Å²) in [5.74, 6) is 0. The first kappa shape index (κ1) is 12.9. The number of hydrogen-bond donors (Lipinski definition) is 1. The lowest BCUT2D eigenvalue weighted by Gasteiger charge is -2.37. The molecule has 17 heavy (non-hydrogen) atoms. The zero-order valence-electron chi connectivity index (χ0n) is 10.4. The molecule has 1 fully saturated rings. The number of benzene rings is 1. The van der Waals surface area contributed by atoms with E-state index in [0.29, 0.717) is 18.2 Å². The molecule has 1 atom stereocenters. The van der Waals surface area contributed by atoms with Crippen molar-refractivity contribution in [3.05, 3.63) is 34.9 Å². The average molecular weight is 254 g/mol. The summed E-state index contributed by atoms with van der Waals surface area (Å²) in [6, 6.07) is 8.89. The summed E-state index contributed by atoms with van der Waals surface area (Å²) in [5, 5.41) is 4.44. The van der Waals surface area contributed by atoms with Crippen molar-refractivity contribution >= 4 is 11.6 Å². The van der Waals surface area contributed by atoms with Crippen LogP contribution in [0.2, 0.25) is 5.02 Å². The predicted molar refractivity (Wildman–Crippen MR) is 71.4 cm³/mol. The molecule has 0 aromatic heterocycles. The maximum atomic E-state index is 6.18. The van der Waals surface area contributed by atoms with E-state index in [1.165, 1.54) is 5.56 Å². The number of ether oxygens (including phenoxy) is 1. The minimum Gasteiger partial charge on any atom is -0.378 e. The monoisotopic (exact) mass is 253 g/mol. The molecule has 1 aliphatic carbocycles. The van der Waals surface area contributed by atoms with Crippen LogP contribution in [0.4, 0.5) is 0 Å². The van der Waals surface area contributed by atoms with Crippen LogP contribution in [0.1, 0.15) is 38.3 Å². The molecule has 0 bridgehead atoms. The van der Waals surface area contributed by atoms with E-state index in [1.54, 1.807) is 0 Å². The molecule has 0 saturated heterocycles. The SMILES string of the molecule is CCOC1CC(N[C@@H](C)c2ccccc2Cl)C1. The smallest absolute Gasteiger partial charge is 0.0604 e. The van der Waals surface area contributed by atoms with E-state index in [0.717, 1.165) is 24.5 Å². The molecule has 3 heteroatoms. The number of hydrogen-bond acceptors (Lipinski definition) is 2. The highest BCUT2D eigenvalue weighted by atomic mass is 35.5. The van der Waals surface area contributed by atoms with E-state index in [-0.39, 0.29) is 0 Å². The molecule has 2 rings (SSSR count). The molecule has 0 heterocycles. The summed E-state index contributed by atoms with van der Waals surface area (Å²) in [4.78, 5) is 0. The van der Waals surface area contributed by atoms with Crippen LogP contribution in [0.25, 0.3) is 0 Å². The lowest BCUT2D eigenvalue weighted by Crippen LogP contribution is -2.46. The molecule has 0 unspecified atom stereocenters. The van der Waals surface area contributed by atoms with Gasteiger partial charge < -0.3 is 10.1 Å². The highest BCUT2D eigenvalue weighted by Gasteiger charge is 2.30. The molecule has 1 aromatic rings. The molecule has 1 N–H and O–H groups in total. The van der Waals surface area contributed by atoms with Gasteiger partial charge in [0.15, 0.2) is 0 Å². The van der Waals surface area contributed by atoms with Gasteiger partial charge in [0, 0.05) is 23.7 Å². The fourth-order valence-corrected chi connectivity index (χ4v) is 2.64. The van der Waals surface area contributed by atoms with Crippen molar-refractivity contribution in [2.45, 2.75) is 44.9 Å².